The first kappa shape index (κ1) is 29.2. The van der Waals surface area contributed by atoms with Gasteiger partial charge in [-0.2, -0.15) is 13.0 Å². The van der Waals surface area contributed by atoms with Gasteiger partial charge in [0, 0.05) is 100 Å². The number of hydrogen-bond acceptors (Lipinski definition) is 7. The second kappa shape index (κ2) is 13.4. The van der Waals surface area contributed by atoms with Crippen molar-refractivity contribution >= 4 is 91.5 Å². The third kappa shape index (κ3) is 8.02. The summed E-state index contributed by atoms with van der Waals surface area (Å²) in [5, 5.41) is 7.65. The summed E-state index contributed by atoms with van der Waals surface area (Å²) < 4.78 is 37.8. The Bertz CT molecular complexity index is 1170. The molecule has 0 bridgehead atoms. The van der Waals surface area contributed by atoms with Gasteiger partial charge in [0.15, 0.2) is 11.5 Å². The van der Waals surface area contributed by atoms with Crippen molar-refractivity contribution in [2.24, 2.45) is 0 Å². The Morgan fingerprint density at radius 2 is 1.88 bits per heavy atom. The third-order valence-corrected chi connectivity index (χ3v) is 6.16. The van der Waals surface area contributed by atoms with Crippen molar-refractivity contribution in [3.8, 4) is 5.75 Å². The molecule has 8 nitrogen and oxygen atoms in total. The predicted molar refractivity (Wildman–Crippen MR) is 136 cm³/mol. The van der Waals surface area contributed by atoms with E-state index in [4.69, 9.17) is 9.44 Å². The van der Waals surface area contributed by atoms with Crippen molar-refractivity contribution in [2.45, 2.75) is 25.7 Å². The molecule has 0 atom stereocenters. The van der Waals surface area contributed by atoms with Gasteiger partial charge in [0.25, 0.3) is 10.1 Å². The van der Waals surface area contributed by atoms with Crippen LogP contribution in [0.25, 0.3) is 0 Å². The summed E-state index contributed by atoms with van der Waals surface area (Å²) in [6, 6.07) is 15.2. The van der Waals surface area contributed by atoms with Gasteiger partial charge in [0.2, 0.25) is 5.69 Å². The van der Waals surface area contributed by atoms with Crippen LogP contribution in [0.2, 0.25) is 0 Å². The van der Waals surface area contributed by atoms with E-state index in [9.17, 15) is 8.42 Å². The second-order valence-electron chi connectivity index (χ2n) is 7.93. The molecule has 1 radical (unpaired) electrons. The summed E-state index contributed by atoms with van der Waals surface area (Å²) in [6.07, 6.45) is 7.91. The molecule has 2 N–H and O–H groups in total. The van der Waals surface area contributed by atoms with Crippen LogP contribution in [-0.4, -0.2) is 86.9 Å². The first-order chi connectivity index (χ1) is 15.7. The van der Waals surface area contributed by atoms with Crippen molar-refractivity contribution in [1.29, 1.82) is 0 Å². The molecule has 177 valence electrons. The fraction of sp³-hybridized carbons (Fsp3) is 0.261. The molecule has 2 aromatic carbocycles. The topological polar surface area (TPSA) is 97.1 Å². The quantitative estimate of drug-likeness (QED) is 0.0585. The maximum Gasteiger partial charge on any atom is 0.265 e. The average Bonchev–Trinajstić information content (AvgIpc) is 2.98. The fourth-order valence-electron chi connectivity index (χ4n) is 3.79. The van der Waals surface area contributed by atoms with Crippen molar-refractivity contribution in [3.05, 3.63) is 78.5 Å². The number of hydrogen-bond donors (Lipinski definition) is 3. The first-order valence-electron chi connectivity index (χ1n) is 10.3. The van der Waals surface area contributed by atoms with Gasteiger partial charge in [-0.25, -0.2) is 0 Å². The standard InChI is InChI=1S/C23H26N2O6S2.K/c1-23(2)20-17-19(29-30-31-32)12-13-21(20)25(15-8-16-33(26,27)28)22(23)11-6-7-14-24-18-9-4-3-5-10-18;/h3-7,9-14,17H,8,15-16H2,1-2H3,(H2,26,27,28,32);/p+1. The zero-order valence-electron chi connectivity index (χ0n) is 19.3. The van der Waals surface area contributed by atoms with Crippen molar-refractivity contribution in [1.82, 2.24) is 0 Å². The Balaban J connectivity index is 0.00000408. The first-order valence-corrected chi connectivity index (χ1v) is 12.2. The normalized spacial score (nSPS) is 14.9. The van der Waals surface area contributed by atoms with Gasteiger partial charge in [-0.3, -0.25) is 4.55 Å². The van der Waals surface area contributed by atoms with Crippen molar-refractivity contribution < 1.29 is 31.8 Å². The van der Waals surface area contributed by atoms with Gasteiger partial charge in [-0.1, -0.05) is 24.3 Å². The zero-order chi connectivity index (χ0) is 23.9. The van der Waals surface area contributed by atoms with Crippen LogP contribution in [0.1, 0.15) is 25.8 Å². The van der Waals surface area contributed by atoms with Crippen LogP contribution in [-0.2, 0) is 24.9 Å². The van der Waals surface area contributed by atoms with Gasteiger partial charge in [-0.05, 0) is 49.2 Å². The number of fused-ring (bicyclic) bond motifs is 1. The number of benzene rings is 2. The Hall–Kier alpha value is -0.994. The predicted octanol–water partition coefficient (Wildman–Crippen LogP) is 4.23. The molecule has 0 aromatic heterocycles. The number of nitrogens with one attached hydrogen (secondary N) is 1. The SMILES string of the molecule is CC1(C)C(/C=C/C=C/Nc2ccccc2)=[N+](CCCS(=O)(=O)O)c2ccc(OOOS)cc21.[K]. The molecule has 0 saturated carbocycles. The van der Waals surface area contributed by atoms with E-state index in [1.54, 1.807) is 6.07 Å². The van der Waals surface area contributed by atoms with Crippen LogP contribution >= 0.6 is 12.9 Å². The molecule has 1 aliphatic heterocycles. The summed E-state index contributed by atoms with van der Waals surface area (Å²) in [5.74, 6) is 0.122. The van der Waals surface area contributed by atoms with E-state index in [0.717, 1.165) is 22.6 Å². The Morgan fingerprint density at radius 3 is 2.56 bits per heavy atom. The van der Waals surface area contributed by atoms with Crippen molar-refractivity contribution in [3.63, 3.8) is 0 Å². The third-order valence-electron chi connectivity index (χ3n) is 5.29. The summed E-state index contributed by atoms with van der Waals surface area (Å²) in [4.78, 5) is 5.05. The Morgan fingerprint density at radius 1 is 1.15 bits per heavy atom. The molecule has 34 heavy (non-hydrogen) atoms. The number of allylic oxidation sites excluding steroid dienone is 3. The molecule has 0 unspecified atom stereocenters. The number of thiol groups is 1. The fourth-order valence-corrected chi connectivity index (χ4v) is 4.31. The average molecular weight is 531 g/mol. The molecule has 0 saturated heterocycles. The van der Waals surface area contributed by atoms with E-state index in [0.29, 0.717) is 12.3 Å². The zero-order valence-corrected chi connectivity index (χ0v) is 24.2. The van der Waals surface area contributed by atoms with Crippen molar-refractivity contribution in [2.75, 3.05) is 17.6 Å². The Kier molecular flexibility index (Phi) is 11.5. The molecular weight excluding hydrogens is 503 g/mol. The van der Waals surface area contributed by atoms with Gasteiger partial charge in [0.05, 0.1) is 11.2 Å². The molecule has 2 aromatic rings. The van der Waals surface area contributed by atoms with E-state index < -0.39 is 15.5 Å². The summed E-state index contributed by atoms with van der Waals surface area (Å²) in [6.45, 7) is 4.55. The molecular formula is C23H27KN2O6S2+. The minimum absolute atomic E-state index is 0. The van der Waals surface area contributed by atoms with Crippen LogP contribution in [0.3, 0.4) is 0 Å². The summed E-state index contributed by atoms with van der Waals surface area (Å²) in [5.41, 5.74) is 3.43. The van der Waals surface area contributed by atoms with Crippen LogP contribution in [0.15, 0.2) is 73.0 Å². The molecule has 3 rings (SSSR count). The van der Waals surface area contributed by atoms with Crippen LogP contribution < -0.4 is 10.2 Å². The number of para-hydroxylation sites is 1. The van der Waals surface area contributed by atoms with E-state index >= 15 is 0 Å². The van der Waals surface area contributed by atoms with E-state index in [1.807, 2.05) is 66.9 Å². The molecule has 0 amide bonds. The van der Waals surface area contributed by atoms with Gasteiger partial charge in [0.1, 0.15) is 6.54 Å². The number of rotatable bonds is 11. The Labute approximate surface area is 248 Å². The van der Waals surface area contributed by atoms with Gasteiger partial charge < -0.3 is 10.2 Å². The molecule has 11 heteroatoms. The van der Waals surface area contributed by atoms with E-state index in [-0.39, 0.29) is 63.6 Å². The maximum atomic E-state index is 11.2. The number of nitrogens with zero attached hydrogens (tertiary/aromatic N) is 1. The summed E-state index contributed by atoms with van der Waals surface area (Å²) >= 11 is 3.49. The maximum absolute atomic E-state index is 11.2. The van der Waals surface area contributed by atoms with Gasteiger partial charge in [-0.15, -0.1) is 4.33 Å². The number of anilines is 1. The molecule has 1 aliphatic rings. The minimum Gasteiger partial charge on any atom is -0.362 e. The largest absolute Gasteiger partial charge is 0.362 e. The minimum atomic E-state index is -4.04. The summed E-state index contributed by atoms with van der Waals surface area (Å²) in [7, 11) is -4.04. The monoisotopic (exact) mass is 530 g/mol. The smallest absolute Gasteiger partial charge is 0.265 e. The molecule has 1 heterocycles. The second-order valence-corrected chi connectivity index (χ2v) is 9.66. The van der Waals surface area contributed by atoms with E-state index in [1.165, 1.54) is 0 Å². The van der Waals surface area contributed by atoms with Gasteiger partial charge >= 0.3 is 0 Å². The van der Waals surface area contributed by atoms with E-state index in [2.05, 4.69) is 46.0 Å². The van der Waals surface area contributed by atoms with Crippen LogP contribution in [0.4, 0.5) is 11.4 Å². The molecule has 0 spiro atoms. The molecule has 0 fully saturated rings. The van der Waals surface area contributed by atoms with Crippen LogP contribution in [0.5, 0.6) is 5.75 Å². The molecule has 0 aliphatic carbocycles. The van der Waals surface area contributed by atoms with Crippen LogP contribution in [0, 0.1) is 0 Å².